The molecule has 1 saturated heterocycles. The summed E-state index contributed by atoms with van der Waals surface area (Å²) in [6.45, 7) is 0.984. The normalized spacial score (nSPS) is 45.9. The van der Waals surface area contributed by atoms with Crippen molar-refractivity contribution in [3.05, 3.63) is 0 Å². The topological polar surface area (TPSA) is 21.3 Å². The monoisotopic (exact) mass is 141 g/mol. The van der Waals surface area contributed by atoms with Crippen LogP contribution in [0.1, 0.15) is 25.7 Å². The van der Waals surface area contributed by atoms with Gasteiger partial charge in [0.2, 0.25) is 0 Å². The second-order valence-electron chi connectivity index (χ2n) is 3.40. The lowest BCUT2D eigenvalue weighted by atomic mass is 9.73. The molecule has 1 saturated carbocycles. The Balaban J connectivity index is 2.01. The molecule has 0 bridgehead atoms. The molecule has 1 spiro atoms. The molecular weight excluding hydrogens is 126 g/mol. The fraction of sp³-hybridized carbons (Fsp3) is 1.00. The standard InChI is InChI=1S/C8H15NO/c1-9-7-3-5-8(7)4-2-6-10-8/h7,9H,2-6H2,1H3. The predicted octanol–water partition coefficient (Wildman–Crippen LogP) is 0.917. The van der Waals surface area contributed by atoms with E-state index in [4.69, 9.17) is 4.74 Å². The van der Waals surface area contributed by atoms with Crippen LogP contribution in [0, 0.1) is 0 Å². The smallest absolute Gasteiger partial charge is 0.0836 e. The fourth-order valence-corrected chi connectivity index (χ4v) is 2.21. The molecule has 0 aromatic heterocycles. The molecule has 2 rings (SSSR count). The fourth-order valence-electron chi connectivity index (χ4n) is 2.21. The van der Waals surface area contributed by atoms with Crippen LogP contribution in [0.25, 0.3) is 0 Å². The van der Waals surface area contributed by atoms with Gasteiger partial charge in [0.1, 0.15) is 0 Å². The molecule has 58 valence electrons. The Labute approximate surface area is 61.9 Å². The van der Waals surface area contributed by atoms with Gasteiger partial charge in [0.05, 0.1) is 5.60 Å². The third-order valence-corrected chi connectivity index (χ3v) is 2.97. The number of hydrogen-bond acceptors (Lipinski definition) is 2. The van der Waals surface area contributed by atoms with Crippen molar-refractivity contribution in [2.45, 2.75) is 37.3 Å². The maximum Gasteiger partial charge on any atom is 0.0836 e. The number of likely N-dealkylation sites (N-methyl/N-ethyl adjacent to an activating group) is 1. The first kappa shape index (κ1) is 6.62. The summed E-state index contributed by atoms with van der Waals surface area (Å²) in [5.74, 6) is 0. The number of nitrogens with one attached hydrogen (secondary N) is 1. The zero-order valence-electron chi connectivity index (χ0n) is 6.52. The van der Waals surface area contributed by atoms with Gasteiger partial charge < -0.3 is 10.1 Å². The van der Waals surface area contributed by atoms with Crippen LogP contribution in [-0.4, -0.2) is 25.3 Å². The van der Waals surface area contributed by atoms with Crippen LogP contribution in [0.5, 0.6) is 0 Å². The minimum Gasteiger partial charge on any atom is -0.373 e. The summed E-state index contributed by atoms with van der Waals surface area (Å²) in [4.78, 5) is 0. The Kier molecular flexibility index (Phi) is 1.46. The Morgan fingerprint density at radius 1 is 1.50 bits per heavy atom. The zero-order valence-corrected chi connectivity index (χ0v) is 6.52. The number of rotatable bonds is 1. The van der Waals surface area contributed by atoms with Crippen molar-refractivity contribution in [2.24, 2.45) is 0 Å². The van der Waals surface area contributed by atoms with E-state index in [9.17, 15) is 0 Å². The highest BCUT2D eigenvalue weighted by Gasteiger charge is 2.48. The summed E-state index contributed by atoms with van der Waals surface area (Å²) >= 11 is 0. The van der Waals surface area contributed by atoms with Gasteiger partial charge in [0.15, 0.2) is 0 Å². The molecule has 2 fully saturated rings. The van der Waals surface area contributed by atoms with E-state index < -0.39 is 0 Å². The van der Waals surface area contributed by atoms with Gasteiger partial charge in [-0.05, 0) is 32.7 Å². The zero-order chi connectivity index (χ0) is 7.03. The van der Waals surface area contributed by atoms with E-state index in [0.717, 1.165) is 6.61 Å². The van der Waals surface area contributed by atoms with Gasteiger partial charge >= 0.3 is 0 Å². The quantitative estimate of drug-likeness (QED) is 0.586. The molecule has 1 aliphatic heterocycles. The number of hydrogen-bond donors (Lipinski definition) is 1. The first-order valence-electron chi connectivity index (χ1n) is 4.19. The number of ether oxygens (including phenoxy) is 1. The molecule has 0 radical (unpaired) electrons. The summed E-state index contributed by atoms with van der Waals surface area (Å²) in [6, 6.07) is 0.648. The summed E-state index contributed by atoms with van der Waals surface area (Å²) < 4.78 is 5.72. The van der Waals surface area contributed by atoms with Crippen LogP contribution < -0.4 is 5.32 Å². The van der Waals surface area contributed by atoms with Crippen molar-refractivity contribution in [1.29, 1.82) is 0 Å². The van der Waals surface area contributed by atoms with Gasteiger partial charge in [0, 0.05) is 12.6 Å². The maximum absolute atomic E-state index is 5.72. The van der Waals surface area contributed by atoms with Crippen molar-refractivity contribution in [3.8, 4) is 0 Å². The van der Waals surface area contributed by atoms with Crippen LogP contribution in [0.2, 0.25) is 0 Å². The van der Waals surface area contributed by atoms with Crippen molar-refractivity contribution in [1.82, 2.24) is 5.32 Å². The Morgan fingerprint density at radius 3 is 2.80 bits per heavy atom. The molecule has 0 amide bonds. The molecule has 2 unspecified atom stereocenters. The van der Waals surface area contributed by atoms with E-state index in [1.807, 2.05) is 7.05 Å². The molecular formula is C8H15NO. The second kappa shape index (κ2) is 2.21. The van der Waals surface area contributed by atoms with Gasteiger partial charge in [-0.15, -0.1) is 0 Å². The molecule has 1 heterocycles. The van der Waals surface area contributed by atoms with E-state index in [0.29, 0.717) is 6.04 Å². The van der Waals surface area contributed by atoms with E-state index >= 15 is 0 Å². The first-order valence-corrected chi connectivity index (χ1v) is 4.19. The highest BCUT2D eigenvalue weighted by molar-refractivity contribution is 5.04. The third kappa shape index (κ3) is 0.722. The lowest BCUT2D eigenvalue weighted by Crippen LogP contribution is -2.57. The average Bonchev–Trinajstić information content (AvgIpc) is 2.35. The third-order valence-electron chi connectivity index (χ3n) is 2.97. The van der Waals surface area contributed by atoms with Gasteiger partial charge in [-0.25, -0.2) is 0 Å². The molecule has 2 aliphatic rings. The van der Waals surface area contributed by atoms with Gasteiger partial charge in [-0.3, -0.25) is 0 Å². The molecule has 10 heavy (non-hydrogen) atoms. The predicted molar refractivity (Wildman–Crippen MR) is 40.0 cm³/mol. The Bertz CT molecular complexity index is 127. The van der Waals surface area contributed by atoms with E-state index in [-0.39, 0.29) is 5.60 Å². The average molecular weight is 141 g/mol. The van der Waals surface area contributed by atoms with Gasteiger partial charge in [-0.1, -0.05) is 0 Å². The molecule has 0 aromatic carbocycles. The van der Waals surface area contributed by atoms with Crippen molar-refractivity contribution in [2.75, 3.05) is 13.7 Å². The lowest BCUT2D eigenvalue weighted by molar-refractivity contribution is -0.0840. The molecule has 1 aliphatic carbocycles. The van der Waals surface area contributed by atoms with Crippen molar-refractivity contribution in [3.63, 3.8) is 0 Å². The van der Waals surface area contributed by atoms with Crippen molar-refractivity contribution >= 4 is 0 Å². The van der Waals surface area contributed by atoms with Gasteiger partial charge in [0.25, 0.3) is 0 Å². The molecule has 2 atom stereocenters. The summed E-state index contributed by atoms with van der Waals surface area (Å²) in [5, 5.41) is 3.31. The summed E-state index contributed by atoms with van der Waals surface area (Å²) in [6.07, 6.45) is 5.12. The van der Waals surface area contributed by atoms with Crippen LogP contribution in [0.3, 0.4) is 0 Å². The van der Waals surface area contributed by atoms with Crippen molar-refractivity contribution < 1.29 is 4.74 Å². The van der Waals surface area contributed by atoms with E-state index in [1.165, 1.54) is 25.7 Å². The first-order chi connectivity index (χ1) is 4.87. The van der Waals surface area contributed by atoms with Crippen LogP contribution in [0.15, 0.2) is 0 Å². The van der Waals surface area contributed by atoms with Gasteiger partial charge in [-0.2, -0.15) is 0 Å². The molecule has 1 N–H and O–H groups in total. The van der Waals surface area contributed by atoms with Crippen LogP contribution in [-0.2, 0) is 4.74 Å². The second-order valence-corrected chi connectivity index (χ2v) is 3.40. The van der Waals surface area contributed by atoms with Crippen LogP contribution in [0.4, 0.5) is 0 Å². The molecule has 2 nitrogen and oxygen atoms in total. The van der Waals surface area contributed by atoms with E-state index in [2.05, 4.69) is 5.32 Å². The SMILES string of the molecule is CNC1CCC12CCCO2. The minimum absolute atomic E-state index is 0.273. The molecule has 2 heteroatoms. The highest BCUT2D eigenvalue weighted by atomic mass is 16.5. The summed E-state index contributed by atoms with van der Waals surface area (Å²) in [7, 11) is 2.03. The molecule has 0 aromatic rings. The maximum atomic E-state index is 5.72. The van der Waals surface area contributed by atoms with E-state index in [1.54, 1.807) is 0 Å². The van der Waals surface area contributed by atoms with Crippen LogP contribution >= 0.6 is 0 Å². The Morgan fingerprint density at radius 2 is 2.40 bits per heavy atom. The largest absolute Gasteiger partial charge is 0.373 e. The minimum atomic E-state index is 0.273. The highest BCUT2D eigenvalue weighted by Crippen LogP contribution is 2.43. The lowest BCUT2D eigenvalue weighted by Gasteiger charge is -2.46. The summed E-state index contributed by atoms with van der Waals surface area (Å²) in [5.41, 5.74) is 0.273. The Hall–Kier alpha value is -0.0800.